The predicted octanol–water partition coefficient (Wildman–Crippen LogP) is 4.13. The molecular formula is C19H15F2NO4. The summed E-state index contributed by atoms with van der Waals surface area (Å²) in [7, 11) is 0. The number of benzene rings is 2. The van der Waals surface area contributed by atoms with Gasteiger partial charge < -0.3 is 14.0 Å². The Morgan fingerprint density at radius 1 is 1.15 bits per heavy atom. The molecular weight excluding hydrogens is 344 g/mol. The van der Waals surface area contributed by atoms with Crippen molar-refractivity contribution in [1.29, 1.82) is 0 Å². The van der Waals surface area contributed by atoms with Crippen molar-refractivity contribution in [1.82, 2.24) is 5.16 Å². The first-order valence-electron chi connectivity index (χ1n) is 7.82. The molecule has 0 fully saturated rings. The van der Waals surface area contributed by atoms with Crippen LogP contribution < -0.4 is 4.74 Å². The monoisotopic (exact) mass is 359 g/mol. The van der Waals surface area contributed by atoms with Crippen molar-refractivity contribution >= 4 is 5.97 Å². The zero-order valence-electron chi connectivity index (χ0n) is 13.8. The summed E-state index contributed by atoms with van der Waals surface area (Å²) in [5.74, 6) is -1.37. The first-order chi connectivity index (χ1) is 12.5. The first kappa shape index (κ1) is 17.6. The van der Waals surface area contributed by atoms with E-state index in [2.05, 4.69) is 5.16 Å². The lowest BCUT2D eigenvalue weighted by atomic mass is 10.1. The molecule has 3 aromatic rings. The predicted molar refractivity (Wildman–Crippen MR) is 88.2 cm³/mol. The second-order valence-corrected chi connectivity index (χ2v) is 5.49. The van der Waals surface area contributed by atoms with Crippen LogP contribution >= 0.6 is 0 Å². The molecule has 1 aromatic heterocycles. The minimum Gasteiger partial charge on any atom is -0.479 e. The number of carbonyl (C=O) groups is 1. The van der Waals surface area contributed by atoms with Gasteiger partial charge in [0.15, 0.2) is 11.9 Å². The quantitative estimate of drug-likeness (QED) is 0.619. The summed E-state index contributed by atoms with van der Waals surface area (Å²) in [6.45, 7) is 1.41. The molecule has 0 saturated heterocycles. The van der Waals surface area contributed by atoms with E-state index in [1.807, 2.05) is 6.07 Å². The van der Waals surface area contributed by atoms with Gasteiger partial charge in [-0.2, -0.15) is 0 Å². The highest BCUT2D eigenvalue weighted by atomic mass is 19.1. The van der Waals surface area contributed by atoms with Crippen LogP contribution in [0.2, 0.25) is 0 Å². The summed E-state index contributed by atoms with van der Waals surface area (Å²) in [5, 5.41) is 3.72. The zero-order chi connectivity index (χ0) is 18.5. The number of esters is 1. The normalized spacial score (nSPS) is 11.8. The standard InChI is InChI=1S/C19H15F2NO4/c1-12(25-15-5-3-2-4-6-15)19(23)24-11-14-10-18(26-22-14)16-8-7-13(20)9-17(16)21/h2-10,12H,11H2,1H3/t12-/m0/s1. The SMILES string of the molecule is C[C@H](Oc1ccccc1)C(=O)OCc1cc(-c2ccc(F)cc2F)on1. The fourth-order valence-electron chi connectivity index (χ4n) is 2.21. The number of aromatic nitrogens is 1. The molecule has 0 aliphatic heterocycles. The van der Waals surface area contributed by atoms with Crippen molar-refractivity contribution < 1.29 is 27.6 Å². The van der Waals surface area contributed by atoms with Crippen LogP contribution in [-0.4, -0.2) is 17.2 Å². The maximum Gasteiger partial charge on any atom is 0.347 e. The Hall–Kier alpha value is -3.22. The molecule has 0 saturated carbocycles. The van der Waals surface area contributed by atoms with Crippen LogP contribution in [0.1, 0.15) is 12.6 Å². The van der Waals surface area contributed by atoms with Crippen LogP contribution in [0.5, 0.6) is 5.75 Å². The third kappa shape index (κ3) is 4.24. The Balaban J connectivity index is 1.58. The van der Waals surface area contributed by atoms with E-state index in [0.29, 0.717) is 11.4 Å². The van der Waals surface area contributed by atoms with Crippen molar-refractivity contribution in [2.24, 2.45) is 0 Å². The smallest absolute Gasteiger partial charge is 0.347 e. The molecule has 3 rings (SSSR count). The summed E-state index contributed by atoms with van der Waals surface area (Å²) in [6.07, 6.45) is -0.807. The van der Waals surface area contributed by atoms with Crippen LogP contribution in [0.25, 0.3) is 11.3 Å². The van der Waals surface area contributed by atoms with Gasteiger partial charge in [-0.25, -0.2) is 13.6 Å². The average Bonchev–Trinajstić information content (AvgIpc) is 3.09. The Kier molecular flexibility index (Phi) is 5.26. The minimum absolute atomic E-state index is 0.0669. The maximum absolute atomic E-state index is 13.7. The topological polar surface area (TPSA) is 61.6 Å². The van der Waals surface area contributed by atoms with Gasteiger partial charge in [0.1, 0.15) is 29.7 Å². The summed E-state index contributed by atoms with van der Waals surface area (Å²) < 4.78 is 42.3. The summed E-state index contributed by atoms with van der Waals surface area (Å²) in [4.78, 5) is 12.0. The summed E-state index contributed by atoms with van der Waals surface area (Å²) >= 11 is 0. The van der Waals surface area contributed by atoms with Crippen molar-refractivity contribution in [2.45, 2.75) is 19.6 Å². The largest absolute Gasteiger partial charge is 0.479 e. The van der Waals surface area contributed by atoms with E-state index >= 15 is 0 Å². The van der Waals surface area contributed by atoms with E-state index in [1.54, 1.807) is 31.2 Å². The highest BCUT2D eigenvalue weighted by molar-refractivity contribution is 5.74. The van der Waals surface area contributed by atoms with Gasteiger partial charge in [0.25, 0.3) is 0 Å². The number of hydrogen-bond acceptors (Lipinski definition) is 5. The van der Waals surface area contributed by atoms with E-state index in [-0.39, 0.29) is 17.9 Å². The fourth-order valence-corrected chi connectivity index (χ4v) is 2.21. The average molecular weight is 359 g/mol. The Morgan fingerprint density at radius 3 is 2.65 bits per heavy atom. The number of ether oxygens (including phenoxy) is 2. The van der Waals surface area contributed by atoms with E-state index in [9.17, 15) is 13.6 Å². The molecule has 5 nitrogen and oxygen atoms in total. The van der Waals surface area contributed by atoms with Gasteiger partial charge in [-0.05, 0) is 31.2 Å². The second kappa shape index (κ2) is 7.77. The highest BCUT2D eigenvalue weighted by Gasteiger charge is 2.18. The Morgan fingerprint density at radius 2 is 1.92 bits per heavy atom. The minimum atomic E-state index is -0.807. The molecule has 0 unspecified atom stereocenters. The summed E-state index contributed by atoms with van der Waals surface area (Å²) in [6, 6.07) is 13.4. The van der Waals surface area contributed by atoms with Crippen LogP contribution in [-0.2, 0) is 16.1 Å². The first-order valence-corrected chi connectivity index (χ1v) is 7.82. The molecule has 0 aliphatic carbocycles. The number of hydrogen-bond donors (Lipinski definition) is 0. The van der Waals surface area contributed by atoms with Gasteiger partial charge in [0.05, 0.1) is 5.56 Å². The van der Waals surface area contributed by atoms with Crippen LogP contribution in [0.3, 0.4) is 0 Å². The third-order valence-corrected chi connectivity index (χ3v) is 3.51. The zero-order valence-corrected chi connectivity index (χ0v) is 13.8. The Labute approximate surface area is 148 Å². The van der Waals surface area contributed by atoms with Crippen LogP contribution in [0.15, 0.2) is 59.1 Å². The number of carbonyl (C=O) groups excluding carboxylic acids is 1. The molecule has 0 amide bonds. The van der Waals surface area contributed by atoms with Gasteiger partial charge in [-0.1, -0.05) is 23.4 Å². The molecule has 0 bridgehead atoms. The number of rotatable bonds is 6. The maximum atomic E-state index is 13.7. The lowest BCUT2D eigenvalue weighted by Crippen LogP contribution is -2.26. The number of para-hydroxylation sites is 1. The molecule has 134 valence electrons. The van der Waals surface area contributed by atoms with Crippen LogP contribution in [0, 0.1) is 11.6 Å². The third-order valence-electron chi connectivity index (χ3n) is 3.51. The summed E-state index contributed by atoms with van der Waals surface area (Å²) in [5.41, 5.74) is 0.362. The molecule has 7 heteroatoms. The molecule has 0 N–H and O–H groups in total. The van der Waals surface area contributed by atoms with Crippen LogP contribution in [0.4, 0.5) is 8.78 Å². The van der Waals surface area contributed by atoms with Gasteiger partial charge >= 0.3 is 5.97 Å². The molecule has 0 aliphatic rings. The van der Waals surface area contributed by atoms with E-state index in [4.69, 9.17) is 14.0 Å². The van der Waals surface area contributed by atoms with Gasteiger partial charge in [0.2, 0.25) is 0 Å². The number of halogens is 2. The van der Waals surface area contributed by atoms with Crippen molar-refractivity contribution in [3.63, 3.8) is 0 Å². The van der Waals surface area contributed by atoms with Gasteiger partial charge in [-0.3, -0.25) is 0 Å². The van der Waals surface area contributed by atoms with Crippen molar-refractivity contribution in [2.75, 3.05) is 0 Å². The van der Waals surface area contributed by atoms with Gasteiger partial charge in [-0.15, -0.1) is 0 Å². The van der Waals surface area contributed by atoms with E-state index in [0.717, 1.165) is 12.1 Å². The molecule has 0 spiro atoms. The van der Waals surface area contributed by atoms with Gasteiger partial charge in [0, 0.05) is 12.1 Å². The highest BCUT2D eigenvalue weighted by Crippen LogP contribution is 2.24. The molecule has 0 radical (unpaired) electrons. The Bertz CT molecular complexity index is 896. The number of nitrogens with zero attached hydrogens (tertiary/aromatic N) is 1. The molecule has 26 heavy (non-hydrogen) atoms. The van der Waals surface area contributed by atoms with Crippen molar-refractivity contribution in [3.8, 4) is 17.1 Å². The molecule has 1 heterocycles. The van der Waals surface area contributed by atoms with E-state index < -0.39 is 23.7 Å². The lowest BCUT2D eigenvalue weighted by molar-refractivity contribution is -0.152. The van der Waals surface area contributed by atoms with Crippen molar-refractivity contribution in [3.05, 3.63) is 71.9 Å². The second-order valence-electron chi connectivity index (χ2n) is 5.49. The lowest BCUT2D eigenvalue weighted by Gasteiger charge is -2.13. The fraction of sp³-hybridized carbons (Fsp3) is 0.158. The molecule has 1 atom stereocenters. The van der Waals surface area contributed by atoms with E-state index in [1.165, 1.54) is 12.1 Å². The molecule has 2 aromatic carbocycles.